The summed E-state index contributed by atoms with van der Waals surface area (Å²) in [4.78, 5) is 35.0. The molecule has 2 fully saturated rings. The maximum Gasteiger partial charge on any atom is 0.407 e. The van der Waals surface area contributed by atoms with Gasteiger partial charge in [-0.1, -0.05) is 28.6 Å². The zero-order valence-electron chi connectivity index (χ0n) is 22.0. The first-order valence-corrected chi connectivity index (χ1v) is 15.9. The molecule has 1 aromatic carbocycles. The van der Waals surface area contributed by atoms with Crippen LogP contribution in [0.25, 0.3) is 0 Å². The average Bonchev–Trinajstić information content (AvgIpc) is 3.45. The minimum Gasteiger partial charge on any atom is -0.444 e. The number of rotatable bonds is 11. The molecule has 1 aliphatic heterocycles. The number of thioether (sulfide) groups is 1. The number of anilines is 1. The van der Waals surface area contributed by atoms with Crippen molar-refractivity contribution >= 4 is 55.8 Å². The molecule has 0 unspecified atom stereocenters. The summed E-state index contributed by atoms with van der Waals surface area (Å²) in [5.74, 6) is 0.0544. The van der Waals surface area contributed by atoms with Gasteiger partial charge in [0.15, 0.2) is 26.8 Å². The first-order valence-electron chi connectivity index (χ1n) is 12.5. The van der Waals surface area contributed by atoms with Crippen LogP contribution in [0.5, 0.6) is 0 Å². The van der Waals surface area contributed by atoms with Crippen LogP contribution in [0.4, 0.5) is 9.93 Å². The van der Waals surface area contributed by atoms with Gasteiger partial charge in [0.05, 0.1) is 33.8 Å². The molecule has 2 heterocycles. The number of hydrogen-bond acceptors (Lipinski definition) is 11. The van der Waals surface area contributed by atoms with Crippen molar-refractivity contribution in [2.45, 2.75) is 66.1 Å². The third-order valence-corrected chi connectivity index (χ3v) is 9.92. The number of aromatic nitrogens is 1. The van der Waals surface area contributed by atoms with Gasteiger partial charge in [-0.25, -0.2) is 18.2 Å². The summed E-state index contributed by atoms with van der Waals surface area (Å²) >= 11 is 2.76. The predicted molar refractivity (Wildman–Crippen MR) is 149 cm³/mol. The molecular weight excluding hydrogens is 564 g/mol. The maximum atomic E-state index is 13.2. The van der Waals surface area contributed by atoms with Crippen molar-refractivity contribution in [1.82, 2.24) is 10.3 Å². The standard InChI is InChI=1S/C25H32N4O7S3/c1-25(2,3)35-24(31)26-11-13-37-20-14-27-23(38-20)28-22(30)21(29-36-17-10-12-34-15-17)16-4-6-18(7-5-16)39(32,33)19-8-9-19/h4-7,14,17,19H,8-13,15H2,1-3H3,(H,26,31)(H,27,28,30)/t17-/m1/s1. The second-order valence-corrected chi connectivity index (χ2v) is 14.7. The number of ether oxygens (including phenoxy) is 2. The summed E-state index contributed by atoms with van der Waals surface area (Å²) in [7, 11) is -3.35. The van der Waals surface area contributed by atoms with E-state index < -0.39 is 27.4 Å². The minimum absolute atomic E-state index is 0.00299. The lowest BCUT2D eigenvalue weighted by Crippen LogP contribution is -2.33. The molecule has 39 heavy (non-hydrogen) atoms. The van der Waals surface area contributed by atoms with E-state index in [-0.39, 0.29) is 22.0 Å². The fourth-order valence-corrected chi connectivity index (χ4v) is 6.94. The van der Waals surface area contributed by atoms with Crippen molar-refractivity contribution < 1.29 is 32.3 Å². The third-order valence-electron chi connectivity index (χ3n) is 5.54. The number of hydrogen-bond donors (Lipinski definition) is 2. The van der Waals surface area contributed by atoms with Gasteiger partial charge in [-0.2, -0.15) is 0 Å². The molecular formula is C25H32N4O7S3. The van der Waals surface area contributed by atoms with Crippen molar-refractivity contribution in [3.8, 4) is 0 Å². The van der Waals surface area contributed by atoms with Gasteiger partial charge in [0.1, 0.15) is 5.60 Å². The first-order chi connectivity index (χ1) is 18.5. The van der Waals surface area contributed by atoms with Crippen molar-refractivity contribution in [3.63, 3.8) is 0 Å². The van der Waals surface area contributed by atoms with Gasteiger partial charge in [0.25, 0.3) is 5.91 Å². The smallest absolute Gasteiger partial charge is 0.407 e. The SMILES string of the molecule is CC(C)(C)OC(=O)NCCSc1cnc(NC(=O)C(=NO[C@@H]2CCOC2)c2ccc(S(=O)(=O)C3CC3)cc2)s1. The Morgan fingerprint density at radius 2 is 1.95 bits per heavy atom. The predicted octanol–water partition coefficient (Wildman–Crippen LogP) is 3.84. The Hall–Kier alpha value is -2.68. The number of thiazole rings is 1. The minimum atomic E-state index is -3.35. The van der Waals surface area contributed by atoms with E-state index in [2.05, 4.69) is 20.8 Å². The monoisotopic (exact) mass is 596 g/mol. The van der Waals surface area contributed by atoms with Gasteiger partial charge < -0.3 is 19.6 Å². The maximum absolute atomic E-state index is 13.2. The molecule has 1 saturated carbocycles. The third kappa shape index (κ3) is 8.65. The van der Waals surface area contributed by atoms with Crippen LogP contribution in [0.15, 0.2) is 44.7 Å². The lowest BCUT2D eigenvalue weighted by Gasteiger charge is -2.19. The van der Waals surface area contributed by atoms with Gasteiger partial charge in [-0.05, 0) is 45.7 Å². The Bertz CT molecular complexity index is 1290. The van der Waals surface area contributed by atoms with E-state index in [1.165, 1.54) is 35.2 Å². The fraction of sp³-hybridized carbons (Fsp3) is 0.520. The number of sulfone groups is 1. The van der Waals surface area contributed by atoms with Crippen LogP contribution in [0.3, 0.4) is 0 Å². The number of carbonyl (C=O) groups excluding carboxylic acids is 2. The molecule has 0 bridgehead atoms. The lowest BCUT2D eigenvalue weighted by atomic mass is 10.1. The lowest BCUT2D eigenvalue weighted by molar-refractivity contribution is -0.110. The summed E-state index contributed by atoms with van der Waals surface area (Å²) in [6.45, 7) is 6.75. The molecule has 1 atom stereocenters. The van der Waals surface area contributed by atoms with E-state index in [1.54, 1.807) is 39.1 Å². The van der Waals surface area contributed by atoms with Gasteiger partial charge in [0, 0.05) is 24.3 Å². The summed E-state index contributed by atoms with van der Waals surface area (Å²) in [6, 6.07) is 6.10. The molecule has 4 rings (SSSR count). The van der Waals surface area contributed by atoms with Gasteiger partial charge in [-0.15, -0.1) is 11.8 Å². The second kappa shape index (κ2) is 12.7. The van der Waals surface area contributed by atoms with Gasteiger partial charge >= 0.3 is 6.09 Å². The molecule has 14 heteroatoms. The summed E-state index contributed by atoms with van der Waals surface area (Å²) in [5.41, 5.74) is -0.139. The number of amides is 2. The zero-order chi connectivity index (χ0) is 28.0. The zero-order valence-corrected chi connectivity index (χ0v) is 24.4. The highest BCUT2D eigenvalue weighted by Crippen LogP contribution is 2.33. The Labute approximate surface area is 236 Å². The average molecular weight is 597 g/mol. The molecule has 1 aliphatic carbocycles. The number of nitrogens with zero attached hydrogens (tertiary/aromatic N) is 2. The molecule has 0 radical (unpaired) electrons. The van der Waals surface area contributed by atoms with Gasteiger partial charge in [0.2, 0.25) is 0 Å². The van der Waals surface area contributed by atoms with Crippen LogP contribution >= 0.6 is 23.1 Å². The number of alkyl carbamates (subject to hydrolysis) is 1. The quantitative estimate of drug-likeness (QED) is 0.171. The molecule has 1 aromatic heterocycles. The highest BCUT2D eigenvalue weighted by Gasteiger charge is 2.36. The van der Waals surface area contributed by atoms with Crippen LogP contribution in [0.1, 0.15) is 45.6 Å². The van der Waals surface area contributed by atoms with E-state index >= 15 is 0 Å². The van der Waals surface area contributed by atoms with Crippen LogP contribution < -0.4 is 10.6 Å². The number of oxime groups is 1. The Balaban J connectivity index is 1.38. The summed E-state index contributed by atoms with van der Waals surface area (Å²) < 4.78 is 36.5. The van der Waals surface area contributed by atoms with Crippen LogP contribution in [0, 0.1) is 0 Å². The van der Waals surface area contributed by atoms with Crippen molar-refractivity contribution in [3.05, 3.63) is 36.0 Å². The second-order valence-electron chi connectivity index (χ2n) is 10.0. The molecule has 11 nitrogen and oxygen atoms in total. The van der Waals surface area contributed by atoms with Crippen LogP contribution in [-0.4, -0.2) is 73.6 Å². The number of benzene rings is 1. The van der Waals surface area contributed by atoms with E-state index in [1.807, 2.05) is 0 Å². The Kier molecular flexibility index (Phi) is 9.51. The van der Waals surface area contributed by atoms with Crippen molar-refractivity contribution in [2.75, 3.05) is 30.8 Å². The van der Waals surface area contributed by atoms with Crippen LogP contribution in [-0.2, 0) is 28.9 Å². The van der Waals surface area contributed by atoms with E-state index in [9.17, 15) is 18.0 Å². The van der Waals surface area contributed by atoms with E-state index in [4.69, 9.17) is 14.3 Å². The molecule has 2 aromatic rings. The normalized spacial score (nSPS) is 18.0. The van der Waals surface area contributed by atoms with Crippen LogP contribution in [0.2, 0.25) is 0 Å². The number of nitrogens with one attached hydrogen (secondary N) is 2. The molecule has 212 valence electrons. The largest absolute Gasteiger partial charge is 0.444 e. The fourth-order valence-electron chi connectivity index (χ4n) is 3.48. The first kappa shape index (κ1) is 29.3. The topological polar surface area (TPSA) is 145 Å². The van der Waals surface area contributed by atoms with Crippen molar-refractivity contribution in [1.29, 1.82) is 0 Å². The van der Waals surface area contributed by atoms with Gasteiger partial charge in [-0.3, -0.25) is 10.1 Å². The van der Waals surface area contributed by atoms with Crippen molar-refractivity contribution in [2.24, 2.45) is 5.16 Å². The highest BCUT2D eigenvalue weighted by molar-refractivity contribution is 8.01. The highest BCUT2D eigenvalue weighted by atomic mass is 32.2. The Morgan fingerprint density at radius 1 is 1.21 bits per heavy atom. The molecule has 0 spiro atoms. The number of carbonyl (C=O) groups is 2. The molecule has 2 amide bonds. The van der Waals surface area contributed by atoms with E-state index in [0.717, 1.165) is 4.21 Å². The summed E-state index contributed by atoms with van der Waals surface area (Å²) in [5, 5.41) is 9.61. The molecule has 2 aliphatic rings. The molecule has 1 saturated heterocycles. The Morgan fingerprint density at radius 3 is 2.59 bits per heavy atom. The molecule has 2 N–H and O–H groups in total. The summed E-state index contributed by atoms with van der Waals surface area (Å²) in [6.07, 6.45) is 2.90. The van der Waals surface area contributed by atoms with E-state index in [0.29, 0.717) is 55.5 Å².